The Labute approximate surface area is 221 Å². The van der Waals surface area contributed by atoms with Crippen molar-refractivity contribution in [2.45, 2.75) is 69.0 Å². The van der Waals surface area contributed by atoms with Crippen molar-refractivity contribution in [1.82, 2.24) is 14.9 Å². The normalized spacial score (nSPS) is 30.6. The van der Waals surface area contributed by atoms with E-state index in [9.17, 15) is 9.65 Å². The highest BCUT2D eigenvalue weighted by Gasteiger charge is 2.49. The molecule has 5 aliphatic rings. The Balaban J connectivity index is 1.21. The molecule has 3 atom stereocenters. The molecule has 3 fully saturated rings. The molecule has 0 amide bonds. The van der Waals surface area contributed by atoms with Crippen LogP contribution in [0, 0.1) is 17.2 Å². The second kappa shape index (κ2) is 8.89. The van der Waals surface area contributed by atoms with Gasteiger partial charge in [0.1, 0.15) is 17.7 Å². The van der Waals surface area contributed by atoms with Crippen molar-refractivity contribution in [3.63, 3.8) is 0 Å². The number of benzene rings is 1. The number of halogens is 1. The van der Waals surface area contributed by atoms with Gasteiger partial charge in [-0.3, -0.25) is 4.90 Å². The van der Waals surface area contributed by atoms with Gasteiger partial charge in [0, 0.05) is 50.3 Å². The third kappa shape index (κ3) is 3.83. The van der Waals surface area contributed by atoms with Gasteiger partial charge < -0.3 is 20.1 Å². The molecule has 4 aliphatic heterocycles. The molecule has 0 bridgehead atoms. The predicted octanol–water partition coefficient (Wildman–Crippen LogP) is 3.26. The highest BCUT2D eigenvalue weighted by Crippen LogP contribution is 2.47. The fourth-order valence-corrected chi connectivity index (χ4v) is 7.08. The monoisotopic (exact) mass is 517 g/mol. The van der Waals surface area contributed by atoms with Gasteiger partial charge in [0.25, 0.3) is 0 Å². The first-order valence-electron chi connectivity index (χ1n) is 13.6. The quantitative estimate of drug-likeness (QED) is 0.374. The molecule has 9 nitrogen and oxygen atoms in total. The minimum atomic E-state index is -0.859. The van der Waals surface area contributed by atoms with Crippen LogP contribution in [-0.2, 0) is 29.8 Å². The lowest BCUT2D eigenvalue weighted by atomic mass is 9.74. The zero-order valence-electron chi connectivity index (χ0n) is 21.4. The van der Waals surface area contributed by atoms with Gasteiger partial charge in [-0.15, -0.1) is 0 Å². The van der Waals surface area contributed by atoms with Crippen LogP contribution in [0.2, 0.25) is 0 Å². The first-order chi connectivity index (χ1) is 18.5. The molecule has 0 saturated carbocycles. The molecular weight excluding hydrogens is 485 g/mol. The molecule has 38 heavy (non-hydrogen) atoms. The number of anilines is 2. The molecule has 3 saturated heterocycles. The van der Waals surface area contributed by atoms with Crippen LogP contribution in [0.25, 0.3) is 0 Å². The zero-order chi connectivity index (χ0) is 25.9. The summed E-state index contributed by atoms with van der Waals surface area (Å²) in [5, 5.41) is 9.32. The van der Waals surface area contributed by atoms with Crippen molar-refractivity contribution >= 4 is 17.9 Å². The first kappa shape index (κ1) is 23.8. The number of nitrogens with zero attached hydrogens (tertiary/aromatic N) is 6. The van der Waals surface area contributed by atoms with Gasteiger partial charge in [0.05, 0.1) is 29.9 Å². The molecule has 1 aliphatic carbocycles. The molecule has 0 radical (unpaired) electrons. The van der Waals surface area contributed by atoms with Gasteiger partial charge in [-0.2, -0.15) is 15.2 Å². The number of hydrogen-bond acceptors (Lipinski definition) is 9. The van der Waals surface area contributed by atoms with E-state index < -0.39 is 17.4 Å². The highest BCUT2D eigenvalue weighted by atomic mass is 19.1. The van der Waals surface area contributed by atoms with Gasteiger partial charge in [-0.25, -0.2) is 9.38 Å². The summed E-state index contributed by atoms with van der Waals surface area (Å²) in [4.78, 5) is 18.5. The van der Waals surface area contributed by atoms with Gasteiger partial charge in [-0.1, -0.05) is 6.07 Å². The van der Waals surface area contributed by atoms with Crippen LogP contribution in [0.4, 0.5) is 15.9 Å². The van der Waals surface area contributed by atoms with Crippen molar-refractivity contribution in [3.05, 3.63) is 40.6 Å². The van der Waals surface area contributed by atoms with Gasteiger partial charge in [0.15, 0.2) is 6.40 Å². The fraction of sp³-hybridized carbons (Fsp3) is 0.571. The van der Waals surface area contributed by atoms with Crippen molar-refractivity contribution in [2.75, 3.05) is 36.8 Å². The molecular formula is C28H32FN7O2. The summed E-state index contributed by atoms with van der Waals surface area (Å²) < 4.78 is 26.7. The molecule has 198 valence electrons. The summed E-state index contributed by atoms with van der Waals surface area (Å²) in [7, 11) is 0. The largest absolute Gasteiger partial charge is 0.412 e. The zero-order valence-corrected chi connectivity index (χ0v) is 21.4. The number of nitrogen functional groups attached to an aromatic ring is 1. The number of aromatic nitrogens is 2. The van der Waals surface area contributed by atoms with Gasteiger partial charge in [-0.05, 0) is 55.4 Å². The predicted molar refractivity (Wildman–Crippen MR) is 139 cm³/mol. The SMILES string of the molecule is N#CC1CN(c2nc(OC=NC34CCCN3C[C@H](F)C4)nc3c2CO[C@@]2(CCCc4ccc(N)cc42)C3)C1. The van der Waals surface area contributed by atoms with E-state index in [-0.39, 0.29) is 11.9 Å². The Bertz CT molecular complexity index is 1340. The smallest absolute Gasteiger partial charge is 0.325 e. The van der Waals surface area contributed by atoms with Crippen LogP contribution in [0.1, 0.15) is 54.5 Å². The van der Waals surface area contributed by atoms with Gasteiger partial charge >= 0.3 is 6.01 Å². The number of aryl methyl sites for hydroxylation is 1. The number of ether oxygens (including phenoxy) is 2. The average Bonchev–Trinajstić information content (AvgIpc) is 3.39. The summed E-state index contributed by atoms with van der Waals surface area (Å²) >= 11 is 0. The Hall–Kier alpha value is -3.29. The maximum atomic E-state index is 14.2. The molecule has 1 aromatic heterocycles. The lowest BCUT2D eigenvalue weighted by molar-refractivity contribution is -0.0854. The molecule has 5 heterocycles. The Kier molecular flexibility index (Phi) is 5.57. The second-order valence-corrected chi connectivity index (χ2v) is 11.4. The minimum Gasteiger partial charge on any atom is -0.412 e. The molecule has 1 unspecified atom stereocenters. The summed E-state index contributed by atoms with van der Waals surface area (Å²) in [6.45, 7) is 2.92. The topological polar surface area (TPSA) is 113 Å². The van der Waals surface area contributed by atoms with Crippen LogP contribution >= 0.6 is 0 Å². The maximum Gasteiger partial charge on any atom is 0.325 e. The summed E-state index contributed by atoms with van der Waals surface area (Å²) in [6, 6.07) is 8.67. The average molecular weight is 518 g/mol. The van der Waals surface area contributed by atoms with E-state index in [1.165, 1.54) is 12.0 Å². The summed E-state index contributed by atoms with van der Waals surface area (Å²) in [5.41, 5.74) is 10.2. The van der Waals surface area contributed by atoms with E-state index in [1.807, 2.05) is 12.1 Å². The Morgan fingerprint density at radius 2 is 2.13 bits per heavy atom. The lowest BCUT2D eigenvalue weighted by Gasteiger charge is -2.44. The third-order valence-electron chi connectivity index (χ3n) is 9.02. The molecule has 2 N–H and O–H groups in total. The summed E-state index contributed by atoms with van der Waals surface area (Å²) in [5.74, 6) is 0.743. The molecule has 2 aromatic rings. The highest BCUT2D eigenvalue weighted by molar-refractivity contribution is 5.57. The number of nitrogens with two attached hydrogens (primary N) is 1. The molecule has 1 spiro atoms. The van der Waals surface area contributed by atoms with Crippen LogP contribution in [0.15, 0.2) is 23.2 Å². The number of hydrogen-bond donors (Lipinski definition) is 1. The first-order valence-corrected chi connectivity index (χ1v) is 13.6. The second-order valence-electron chi connectivity index (χ2n) is 11.4. The third-order valence-corrected chi connectivity index (χ3v) is 9.02. The molecule has 1 aromatic carbocycles. The standard InChI is InChI=1S/C28H32FN7O2/c29-20-10-28(7-2-8-36(28)15-20)32-17-37-26-33-24-11-27(6-1-3-19-4-5-21(31)9-23(19)27)38-16-22(24)25(34-26)35-13-18(12-30)14-35/h4-5,9,17-18,20H,1-3,6-8,10-11,13-16,31H2/t20-,27+,28?/m1/s1. The Morgan fingerprint density at radius 3 is 3.00 bits per heavy atom. The van der Waals surface area contributed by atoms with Crippen LogP contribution in [-0.4, -0.2) is 59.3 Å². The van der Waals surface area contributed by atoms with Crippen molar-refractivity contribution in [1.29, 1.82) is 5.26 Å². The number of nitriles is 1. The minimum absolute atomic E-state index is 0.0148. The molecule has 10 heteroatoms. The molecule has 7 rings (SSSR count). The number of aliphatic imine (C=N–C) groups is 1. The number of fused-ring (bicyclic) bond motifs is 4. The summed E-state index contributed by atoms with van der Waals surface area (Å²) in [6.07, 6.45) is 6.31. The van der Waals surface area contributed by atoms with E-state index in [0.717, 1.165) is 67.0 Å². The van der Waals surface area contributed by atoms with Crippen LogP contribution < -0.4 is 15.4 Å². The van der Waals surface area contributed by atoms with E-state index in [0.29, 0.717) is 39.1 Å². The van der Waals surface area contributed by atoms with Crippen molar-refractivity contribution < 1.29 is 13.9 Å². The van der Waals surface area contributed by atoms with Crippen molar-refractivity contribution in [3.8, 4) is 12.1 Å². The number of alkyl halides is 1. The maximum absolute atomic E-state index is 14.2. The van der Waals surface area contributed by atoms with Gasteiger partial charge in [0.2, 0.25) is 0 Å². The number of rotatable bonds is 4. The van der Waals surface area contributed by atoms with Crippen LogP contribution in [0.5, 0.6) is 6.01 Å². The fourth-order valence-electron chi connectivity index (χ4n) is 7.08. The van der Waals surface area contributed by atoms with Crippen LogP contribution in [0.3, 0.4) is 0 Å². The van der Waals surface area contributed by atoms with Crippen molar-refractivity contribution in [2.24, 2.45) is 10.9 Å². The van der Waals surface area contributed by atoms with E-state index in [2.05, 4.69) is 21.9 Å². The van der Waals surface area contributed by atoms with E-state index in [4.69, 9.17) is 30.2 Å². The van der Waals surface area contributed by atoms with E-state index >= 15 is 0 Å². The van der Waals surface area contributed by atoms with E-state index in [1.54, 1.807) is 0 Å². The Morgan fingerprint density at radius 1 is 1.24 bits per heavy atom. The lowest BCUT2D eigenvalue weighted by Crippen LogP contribution is -2.48.